The number of hydrogen-bond acceptors (Lipinski definition) is 2. The van der Waals surface area contributed by atoms with Gasteiger partial charge in [-0.15, -0.1) is 11.6 Å². The molecule has 0 saturated carbocycles. The molecule has 1 rings (SSSR count). The van der Waals surface area contributed by atoms with Crippen molar-refractivity contribution in [2.45, 2.75) is 39.7 Å². The van der Waals surface area contributed by atoms with Crippen LogP contribution in [0.4, 0.5) is 0 Å². The van der Waals surface area contributed by atoms with Crippen LogP contribution in [0.2, 0.25) is 0 Å². The number of alkyl halides is 1. The predicted molar refractivity (Wildman–Crippen MR) is 65.6 cm³/mol. The number of carbonyl (C=O) groups is 1. The van der Waals surface area contributed by atoms with E-state index >= 15 is 0 Å². The molecule has 0 aromatic heterocycles. The standard InChI is InChI=1S/C12H22ClNO2/c1-9-10(4-7-16-9)11(15)14-8-12(2,3)5-6-13/h9-10H,4-8H2,1-3H3,(H,14,15). The van der Waals surface area contributed by atoms with Gasteiger partial charge in [0.2, 0.25) is 5.91 Å². The SMILES string of the molecule is CC1OCCC1C(=O)NCC(C)(C)CCCl. The molecule has 0 spiro atoms. The Morgan fingerprint density at radius 2 is 2.25 bits per heavy atom. The molecule has 0 radical (unpaired) electrons. The van der Waals surface area contributed by atoms with E-state index in [1.54, 1.807) is 0 Å². The van der Waals surface area contributed by atoms with Crippen molar-refractivity contribution < 1.29 is 9.53 Å². The van der Waals surface area contributed by atoms with Gasteiger partial charge in [-0.25, -0.2) is 0 Å². The number of hydrogen-bond donors (Lipinski definition) is 1. The smallest absolute Gasteiger partial charge is 0.225 e. The molecule has 0 aromatic carbocycles. The molecule has 1 heterocycles. The highest BCUT2D eigenvalue weighted by atomic mass is 35.5. The van der Waals surface area contributed by atoms with E-state index in [-0.39, 0.29) is 23.3 Å². The van der Waals surface area contributed by atoms with Crippen molar-refractivity contribution in [2.75, 3.05) is 19.0 Å². The van der Waals surface area contributed by atoms with Gasteiger partial charge in [0, 0.05) is 19.0 Å². The van der Waals surface area contributed by atoms with Gasteiger partial charge >= 0.3 is 0 Å². The van der Waals surface area contributed by atoms with Crippen molar-refractivity contribution in [3.8, 4) is 0 Å². The molecule has 1 fully saturated rings. The summed E-state index contributed by atoms with van der Waals surface area (Å²) in [5.74, 6) is 0.769. The Morgan fingerprint density at radius 3 is 2.75 bits per heavy atom. The third-order valence-corrected chi connectivity index (χ3v) is 3.41. The van der Waals surface area contributed by atoms with E-state index in [9.17, 15) is 4.79 Å². The molecular formula is C12H22ClNO2. The van der Waals surface area contributed by atoms with E-state index in [4.69, 9.17) is 16.3 Å². The molecule has 1 N–H and O–H groups in total. The molecule has 1 aliphatic heterocycles. The van der Waals surface area contributed by atoms with Gasteiger partial charge in [-0.2, -0.15) is 0 Å². The van der Waals surface area contributed by atoms with Gasteiger partial charge in [0.1, 0.15) is 0 Å². The second-order valence-corrected chi connectivity index (χ2v) is 5.67. The summed E-state index contributed by atoms with van der Waals surface area (Å²) in [4.78, 5) is 11.9. The van der Waals surface area contributed by atoms with Gasteiger partial charge in [0.25, 0.3) is 0 Å². The number of amides is 1. The van der Waals surface area contributed by atoms with E-state index in [0.29, 0.717) is 19.0 Å². The molecule has 94 valence electrons. The van der Waals surface area contributed by atoms with Gasteiger partial charge in [-0.1, -0.05) is 13.8 Å². The third kappa shape index (κ3) is 3.95. The molecule has 4 heteroatoms. The summed E-state index contributed by atoms with van der Waals surface area (Å²) in [6.45, 7) is 7.57. The number of nitrogens with one attached hydrogen (secondary N) is 1. The van der Waals surface area contributed by atoms with Gasteiger partial charge < -0.3 is 10.1 Å². The van der Waals surface area contributed by atoms with Crippen LogP contribution in [0.1, 0.15) is 33.6 Å². The summed E-state index contributed by atoms with van der Waals surface area (Å²) < 4.78 is 5.38. The molecule has 2 atom stereocenters. The zero-order valence-corrected chi connectivity index (χ0v) is 11.1. The molecule has 1 aliphatic rings. The van der Waals surface area contributed by atoms with Crippen molar-refractivity contribution in [3.05, 3.63) is 0 Å². The molecule has 16 heavy (non-hydrogen) atoms. The minimum atomic E-state index is 0.0202. The van der Waals surface area contributed by atoms with E-state index in [1.807, 2.05) is 6.92 Å². The van der Waals surface area contributed by atoms with Crippen molar-refractivity contribution in [2.24, 2.45) is 11.3 Å². The third-order valence-electron chi connectivity index (χ3n) is 3.23. The zero-order valence-electron chi connectivity index (χ0n) is 10.4. The highest BCUT2D eigenvalue weighted by Gasteiger charge is 2.31. The lowest BCUT2D eigenvalue weighted by atomic mass is 9.90. The maximum absolute atomic E-state index is 11.9. The van der Waals surface area contributed by atoms with Crippen molar-refractivity contribution in [3.63, 3.8) is 0 Å². The summed E-state index contributed by atoms with van der Waals surface area (Å²) in [7, 11) is 0. The number of carbonyl (C=O) groups excluding carboxylic acids is 1. The number of ether oxygens (including phenoxy) is 1. The van der Waals surface area contributed by atoms with Crippen LogP contribution in [0.3, 0.4) is 0 Å². The Bertz CT molecular complexity index is 243. The largest absolute Gasteiger partial charge is 0.378 e. The maximum Gasteiger partial charge on any atom is 0.225 e. The summed E-state index contributed by atoms with van der Waals surface area (Å²) in [5, 5.41) is 3.00. The number of rotatable bonds is 5. The lowest BCUT2D eigenvalue weighted by Crippen LogP contribution is -2.39. The Hall–Kier alpha value is -0.280. The first kappa shape index (κ1) is 13.8. The lowest BCUT2D eigenvalue weighted by molar-refractivity contribution is -0.126. The number of halogens is 1. The van der Waals surface area contributed by atoms with E-state index in [0.717, 1.165) is 12.8 Å². The predicted octanol–water partition coefficient (Wildman–Crippen LogP) is 2.18. The fourth-order valence-electron chi connectivity index (χ4n) is 1.88. The molecule has 1 amide bonds. The average molecular weight is 248 g/mol. The molecule has 0 aliphatic carbocycles. The fraction of sp³-hybridized carbons (Fsp3) is 0.917. The molecule has 3 nitrogen and oxygen atoms in total. The normalized spacial score (nSPS) is 25.8. The van der Waals surface area contributed by atoms with Crippen LogP contribution in [0.15, 0.2) is 0 Å². The fourth-order valence-corrected chi connectivity index (χ4v) is 2.39. The van der Waals surface area contributed by atoms with E-state index in [2.05, 4.69) is 19.2 Å². The van der Waals surface area contributed by atoms with Crippen molar-refractivity contribution in [1.29, 1.82) is 0 Å². The second-order valence-electron chi connectivity index (χ2n) is 5.29. The summed E-state index contributed by atoms with van der Waals surface area (Å²) in [5.41, 5.74) is 0.0696. The summed E-state index contributed by atoms with van der Waals surface area (Å²) >= 11 is 5.72. The molecule has 2 unspecified atom stereocenters. The zero-order chi connectivity index (χ0) is 12.2. The van der Waals surface area contributed by atoms with Crippen LogP contribution in [0.5, 0.6) is 0 Å². The molecule has 1 saturated heterocycles. The first-order valence-electron chi connectivity index (χ1n) is 5.91. The first-order valence-corrected chi connectivity index (χ1v) is 6.45. The molecule has 0 aromatic rings. The van der Waals surface area contributed by atoms with E-state index in [1.165, 1.54) is 0 Å². The Balaban J connectivity index is 2.34. The van der Waals surface area contributed by atoms with Gasteiger partial charge in [0.15, 0.2) is 0 Å². The Morgan fingerprint density at radius 1 is 1.56 bits per heavy atom. The minimum absolute atomic E-state index is 0.0202. The minimum Gasteiger partial charge on any atom is -0.378 e. The maximum atomic E-state index is 11.9. The van der Waals surface area contributed by atoms with Crippen LogP contribution in [-0.4, -0.2) is 31.0 Å². The highest BCUT2D eigenvalue weighted by Crippen LogP contribution is 2.22. The topological polar surface area (TPSA) is 38.3 Å². The monoisotopic (exact) mass is 247 g/mol. The summed E-state index contributed by atoms with van der Waals surface area (Å²) in [6.07, 6.45) is 1.80. The Labute approximate surface area is 103 Å². The van der Waals surface area contributed by atoms with Crippen molar-refractivity contribution >= 4 is 17.5 Å². The average Bonchev–Trinajstić information content (AvgIpc) is 2.61. The van der Waals surface area contributed by atoms with Crippen LogP contribution in [0, 0.1) is 11.3 Å². The van der Waals surface area contributed by atoms with Gasteiger partial charge in [0.05, 0.1) is 12.0 Å². The Kier molecular flexibility index (Phi) is 5.06. The van der Waals surface area contributed by atoms with Crippen LogP contribution in [-0.2, 0) is 9.53 Å². The van der Waals surface area contributed by atoms with Gasteiger partial charge in [-0.05, 0) is 25.2 Å². The molecule has 0 bridgehead atoms. The van der Waals surface area contributed by atoms with Crippen LogP contribution < -0.4 is 5.32 Å². The first-order chi connectivity index (χ1) is 7.46. The quantitative estimate of drug-likeness (QED) is 0.757. The second kappa shape index (κ2) is 5.87. The van der Waals surface area contributed by atoms with E-state index < -0.39 is 0 Å². The van der Waals surface area contributed by atoms with Crippen molar-refractivity contribution in [1.82, 2.24) is 5.32 Å². The van der Waals surface area contributed by atoms with Crippen LogP contribution in [0.25, 0.3) is 0 Å². The van der Waals surface area contributed by atoms with Gasteiger partial charge in [-0.3, -0.25) is 4.79 Å². The highest BCUT2D eigenvalue weighted by molar-refractivity contribution is 6.17. The molecular weight excluding hydrogens is 226 g/mol. The van der Waals surface area contributed by atoms with Crippen LogP contribution >= 0.6 is 11.6 Å². The summed E-state index contributed by atoms with van der Waals surface area (Å²) in [6, 6.07) is 0. The lowest BCUT2D eigenvalue weighted by Gasteiger charge is -2.25.